The van der Waals surface area contributed by atoms with Crippen LogP contribution in [0, 0.1) is 23.7 Å². The Morgan fingerprint density at radius 1 is 1.19 bits per heavy atom. The van der Waals surface area contributed by atoms with Crippen molar-refractivity contribution in [2.45, 2.75) is 44.5 Å². The number of aliphatic hydroxyl groups excluding tert-OH is 2. The fraction of sp³-hybridized carbons (Fsp3) is 0.812. The minimum atomic E-state index is -0.569. The van der Waals surface area contributed by atoms with Crippen LogP contribution in [0.1, 0.15) is 26.2 Å². The molecule has 7 unspecified atom stereocenters. The summed E-state index contributed by atoms with van der Waals surface area (Å²) in [7, 11) is 0. The van der Waals surface area contributed by atoms with Gasteiger partial charge in [0.25, 0.3) is 0 Å². The molecule has 21 heavy (non-hydrogen) atoms. The molecule has 3 fully saturated rings. The molecule has 2 N–H and O–H groups in total. The number of fused-ring (bicyclic) bond motifs is 5. The number of carbonyl (C=O) groups excluding carboxylic acids is 1. The predicted octanol–water partition coefficient (Wildman–Crippen LogP) is 0.889. The second-order valence-electron chi connectivity index (χ2n) is 6.76. The van der Waals surface area contributed by atoms with Gasteiger partial charge in [-0.05, 0) is 49.9 Å². The largest absolute Gasteiger partial charge is 0.460 e. The molecule has 0 aromatic carbocycles. The van der Waals surface area contributed by atoms with Crippen LogP contribution in [0.3, 0.4) is 0 Å². The second-order valence-corrected chi connectivity index (χ2v) is 6.76. The number of carbonyl (C=O) groups is 1. The summed E-state index contributed by atoms with van der Waals surface area (Å²) in [6, 6.07) is 0. The average molecular weight is 296 g/mol. The lowest BCUT2D eigenvalue weighted by Crippen LogP contribution is -2.35. The van der Waals surface area contributed by atoms with Crippen LogP contribution in [-0.4, -0.2) is 47.7 Å². The van der Waals surface area contributed by atoms with Crippen molar-refractivity contribution in [2.24, 2.45) is 23.7 Å². The van der Waals surface area contributed by atoms with Gasteiger partial charge < -0.3 is 19.7 Å². The lowest BCUT2D eigenvalue weighted by Gasteiger charge is -2.32. The summed E-state index contributed by atoms with van der Waals surface area (Å²) in [6.45, 7) is 5.80. The molecule has 0 saturated heterocycles. The molecule has 0 heterocycles. The Bertz CT molecular complexity index is 434. The van der Waals surface area contributed by atoms with E-state index >= 15 is 0 Å². The third-order valence-electron chi connectivity index (χ3n) is 5.48. The molecule has 3 saturated carbocycles. The second kappa shape index (κ2) is 5.71. The summed E-state index contributed by atoms with van der Waals surface area (Å²) in [5.41, 5.74) is 0.395. The van der Waals surface area contributed by atoms with Crippen molar-refractivity contribution in [1.82, 2.24) is 0 Å². The molecule has 0 radical (unpaired) electrons. The first-order chi connectivity index (χ1) is 9.99. The fourth-order valence-corrected chi connectivity index (χ4v) is 4.66. The minimum absolute atomic E-state index is 0.178. The van der Waals surface area contributed by atoms with E-state index in [2.05, 4.69) is 6.58 Å². The van der Waals surface area contributed by atoms with E-state index in [-0.39, 0.29) is 24.6 Å². The van der Waals surface area contributed by atoms with E-state index in [1.807, 2.05) is 0 Å². The normalized spacial score (nSPS) is 43.9. The van der Waals surface area contributed by atoms with Gasteiger partial charge in [0.15, 0.2) is 0 Å². The van der Waals surface area contributed by atoms with Crippen LogP contribution >= 0.6 is 0 Å². The first-order valence-corrected chi connectivity index (χ1v) is 7.79. The smallest absolute Gasteiger partial charge is 0.333 e. The number of rotatable bonds is 5. The van der Waals surface area contributed by atoms with Gasteiger partial charge in [0, 0.05) is 5.57 Å². The van der Waals surface area contributed by atoms with Crippen LogP contribution in [0.4, 0.5) is 0 Å². The van der Waals surface area contributed by atoms with Crippen molar-refractivity contribution in [1.29, 1.82) is 0 Å². The van der Waals surface area contributed by atoms with Gasteiger partial charge in [-0.3, -0.25) is 0 Å². The minimum Gasteiger partial charge on any atom is -0.460 e. The van der Waals surface area contributed by atoms with Crippen molar-refractivity contribution in [3.05, 3.63) is 12.2 Å². The monoisotopic (exact) mass is 296 g/mol. The molecule has 7 atom stereocenters. The van der Waals surface area contributed by atoms with E-state index in [4.69, 9.17) is 9.47 Å². The number of hydrogen-bond donors (Lipinski definition) is 2. The Morgan fingerprint density at radius 2 is 1.95 bits per heavy atom. The molecule has 5 nitrogen and oxygen atoms in total. The highest BCUT2D eigenvalue weighted by Crippen LogP contribution is 2.59. The first-order valence-electron chi connectivity index (χ1n) is 7.79. The number of esters is 1. The highest BCUT2D eigenvalue weighted by atomic mass is 16.6. The third kappa shape index (κ3) is 2.62. The summed E-state index contributed by atoms with van der Waals surface area (Å²) in [5, 5.41) is 19.9. The van der Waals surface area contributed by atoms with E-state index < -0.39 is 12.2 Å². The maximum Gasteiger partial charge on any atom is 0.333 e. The van der Waals surface area contributed by atoms with Gasteiger partial charge >= 0.3 is 5.97 Å². The van der Waals surface area contributed by atoms with E-state index in [1.165, 1.54) is 0 Å². The van der Waals surface area contributed by atoms with Crippen molar-refractivity contribution in [2.75, 3.05) is 13.2 Å². The van der Waals surface area contributed by atoms with E-state index in [1.54, 1.807) is 6.92 Å². The Morgan fingerprint density at radius 3 is 2.67 bits per heavy atom. The van der Waals surface area contributed by atoms with Crippen LogP contribution in [0.25, 0.3) is 0 Å². The topological polar surface area (TPSA) is 76.0 Å². The van der Waals surface area contributed by atoms with Crippen LogP contribution in [0.2, 0.25) is 0 Å². The zero-order chi connectivity index (χ0) is 15.1. The van der Waals surface area contributed by atoms with Crippen LogP contribution in [-0.2, 0) is 14.3 Å². The van der Waals surface area contributed by atoms with Crippen LogP contribution < -0.4 is 0 Å². The number of hydrogen-bond acceptors (Lipinski definition) is 5. The molecule has 118 valence electrons. The Labute approximate surface area is 124 Å². The molecule has 0 aromatic heterocycles. The maximum absolute atomic E-state index is 11.3. The van der Waals surface area contributed by atoms with Crippen LogP contribution in [0.5, 0.6) is 0 Å². The molecule has 0 amide bonds. The van der Waals surface area contributed by atoms with E-state index in [0.717, 1.165) is 12.8 Å². The zero-order valence-corrected chi connectivity index (χ0v) is 12.4. The molecular formula is C16H24O5. The van der Waals surface area contributed by atoms with Gasteiger partial charge in [0.05, 0.1) is 24.9 Å². The van der Waals surface area contributed by atoms with Crippen LogP contribution in [0.15, 0.2) is 12.2 Å². The third-order valence-corrected chi connectivity index (χ3v) is 5.48. The van der Waals surface area contributed by atoms with Gasteiger partial charge in [-0.2, -0.15) is 0 Å². The van der Waals surface area contributed by atoms with Gasteiger partial charge in [-0.15, -0.1) is 0 Å². The quantitative estimate of drug-likeness (QED) is 0.448. The lowest BCUT2D eigenvalue weighted by atomic mass is 9.79. The van der Waals surface area contributed by atoms with Crippen molar-refractivity contribution < 1.29 is 24.5 Å². The van der Waals surface area contributed by atoms with Crippen molar-refractivity contribution in [3.8, 4) is 0 Å². The van der Waals surface area contributed by atoms with E-state index in [9.17, 15) is 15.0 Å². The standard InChI is InChI=1S/C16H24O5/c1-8(2)16(19)21-4-3-20-13-6-9-5-10(13)11-7-12(17)15(18)14(9)11/h9-15,17-18H,1,3-7H2,2H3. The summed E-state index contributed by atoms with van der Waals surface area (Å²) in [6.07, 6.45) is 1.79. The maximum atomic E-state index is 11.3. The molecule has 0 aromatic rings. The van der Waals surface area contributed by atoms with E-state index in [0.29, 0.717) is 36.4 Å². The van der Waals surface area contributed by atoms with Crippen molar-refractivity contribution >= 4 is 5.97 Å². The van der Waals surface area contributed by atoms with Gasteiger partial charge in [-0.25, -0.2) is 4.79 Å². The summed E-state index contributed by atoms with van der Waals surface area (Å²) >= 11 is 0. The lowest BCUT2D eigenvalue weighted by molar-refractivity contribution is -0.141. The summed E-state index contributed by atoms with van der Waals surface area (Å²) < 4.78 is 10.9. The molecule has 0 aliphatic heterocycles. The molecule has 3 rings (SSSR count). The summed E-state index contributed by atoms with van der Waals surface area (Å²) in [5.74, 6) is 1.16. The predicted molar refractivity (Wildman–Crippen MR) is 75.3 cm³/mol. The molecule has 3 aliphatic rings. The highest BCUT2D eigenvalue weighted by Gasteiger charge is 2.59. The van der Waals surface area contributed by atoms with Gasteiger partial charge in [0.2, 0.25) is 0 Å². The molecule has 5 heteroatoms. The van der Waals surface area contributed by atoms with Gasteiger partial charge in [-0.1, -0.05) is 6.58 Å². The zero-order valence-electron chi connectivity index (χ0n) is 12.4. The fourth-order valence-electron chi connectivity index (χ4n) is 4.66. The first kappa shape index (κ1) is 15.0. The molecule has 3 aliphatic carbocycles. The Balaban J connectivity index is 1.46. The summed E-state index contributed by atoms with van der Waals surface area (Å²) in [4.78, 5) is 11.3. The SMILES string of the molecule is C=C(C)C(=O)OCCOC1CC2CC1C1CC(O)C(O)C21. The molecular weight excluding hydrogens is 272 g/mol. The van der Waals surface area contributed by atoms with Gasteiger partial charge in [0.1, 0.15) is 6.61 Å². The molecule has 0 spiro atoms. The molecule has 2 bridgehead atoms. The Kier molecular flexibility index (Phi) is 4.08. The highest BCUT2D eigenvalue weighted by molar-refractivity contribution is 5.86. The number of aliphatic hydroxyl groups is 2. The number of ether oxygens (including phenoxy) is 2. The van der Waals surface area contributed by atoms with Crippen molar-refractivity contribution in [3.63, 3.8) is 0 Å². The Hall–Kier alpha value is -0.910. The average Bonchev–Trinajstić information content (AvgIpc) is 3.07.